The van der Waals surface area contributed by atoms with E-state index in [0.29, 0.717) is 13.1 Å². The van der Waals surface area contributed by atoms with Crippen LogP contribution in [0.15, 0.2) is 18.2 Å². The van der Waals surface area contributed by atoms with Crippen molar-refractivity contribution in [2.75, 3.05) is 31.1 Å². The van der Waals surface area contributed by atoms with Crippen LogP contribution in [0.5, 0.6) is 0 Å². The van der Waals surface area contributed by atoms with Gasteiger partial charge in [0.2, 0.25) is 5.91 Å². The van der Waals surface area contributed by atoms with E-state index in [2.05, 4.69) is 10.6 Å². The highest BCUT2D eigenvalue weighted by Gasteiger charge is 2.38. The molecule has 1 atom stereocenters. The lowest BCUT2D eigenvalue weighted by atomic mass is 9.86. The van der Waals surface area contributed by atoms with Gasteiger partial charge in [0.05, 0.1) is 11.7 Å². The molecular formula is C17H21F2N3O3. The first kappa shape index (κ1) is 17.6. The predicted molar refractivity (Wildman–Crippen MR) is 87.6 cm³/mol. The number of carbonyl (C=O) groups excluding carboxylic acids is 2. The first-order valence-electron chi connectivity index (χ1n) is 8.31. The Morgan fingerprint density at radius 2 is 2.16 bits per heavy atom. The second-order valence-electron chi connectivity index (χ2n) is 6.42. The van der Waals surface area contributed by atoms with E-state index in [-0.39, 0.29) is 43.2 Å². The quantitative estimate of drug-likeness (QED) is 0.867. The van der Waals surface area contributed by atoms with Crippen molar-refractivity contribution in [2.24, 2.45) is 0 Å². The molecule has 2 aliphatic rings. The fourth-order valence-corrected chi connectivity index (χ4v) is 3.30. The number of carbonyl (C=O) groups is 2. The van der Waals surface area contributed by atoms with Gasteiger partial charge in [0.15, 0.2) is 0 Å². The lowest BCUT2D eigenvalue weighted by Crippen LogP contribution is -2.42. The molecule has 2 heterocycles. The van der Waals surface area contributed by atoms with Crippen molar-refractivity contribution < 1.29 is 23.1 Å². The molecule has 0 bridgehead atoms. The summed E-state index contributed by atoms with van der Waals surface area (Å²) in [7, 11) is 0. The van der Waals surface area contributed by atoms with Crippen molar-refractivity contribution in [1.29, 1.82) is 0 Å². The molecule has 2 N–H and O–H groups in total. The zero-order valence-corrected chi connectivity index (χ0v) is 14.0. The van der Waals surface area contributed by atoms with Crippen molar-refractivity contribution >= 4 is 17.7 Å². The molecule has 0 unspecified atom stereocenters. The average molecular weight is 353 g/mol. The summed E-state index contributed by atoms with van der Waals surface area (Å²) in [4.78, 5) is 24.3. The number of cyclic esters (lactones) is 1. The van der Waals surface area contributed by atoms with Crippen LogP contribution < -0.4 is 15.5 Å². The number of hydrogen-bond donors (Lipinski definition) is 2. The summed E-state index contributed by atoms with van der Waals surface area (Å²) in [6.45, 7) is 2.66. The Morgan fingerprint density at radius 3 is 2.80 bits per heavy atom. The molecule has 0 spiro atoms. The minimum Gasteiger partial charge on any atom is -0.447 e. The Kier molecular flexibility index (Phi) is 4.89. The average Bonchev–Trinajstić information content (AvgIpc) is 2.94. The van der Waals surface area contributed by atoms with Crippen LogP contribution in [-0.4, -0.2) is 44.3 Å². The van der Waals surface area contributed by atoms with Gasteiger partial charge in [0.1, 0.15) is 18.1 Å². The third-order valence-electron chi connectivity index (χ3n) is 4.66. The maximum atomic E-state index is 15.0. The minimum absolute atomic E-state index is 0.0173. The van der Waals surface area contributed by atoms with Gasteiger partial charge in [0, 0.05) is 19.0 Å². The number of anilines is 1. The summed E-state index contributed by atoms with van der Waals surface area (Å²) in [5, 5.41) is 5.67. The number of nitrogens with one attached hydrogen (secondary N) is 2. The van der Waals surface area contributed by atoms with Gasteiger partial charge in [-0.05, 0) is 38.1 Å². The molecule has 2 aliphatic heterocycles. The highest BCUT2D eigenvalue weighted by Crippen LogP contribution is 2.38. The number of rotatable bonds is 4. The van der Waals surface area contributed by atoms with Crippen LogP contribution in [0.25, 0.3) is 0 Å². The van der Waals surface area contributed by atoms with Crippen molar-refractivity contribution in [3.05, 3.63) is 29.6 Å². The summed E-state index contributed by atoms with van der Waals surface area (Å²) in [5.41, 5.74) is -1.39. The van der Waals surface area contributed by atoms with E-state index < -0.39 is 23.6 Å². The molecule has 1 aromatic carbocycles. The van der Waals surface area contributed by atoms with Crippen molar-refractivity contribution in [2.45, 2.75) is 31.5 Å². The van der Waals surface area contributed by atoms with E-state index in [4.69, 9.17) is 4.74 Å². The summed E-state index contributed by atoms with van der Waals surface area (Å²) >= 11 is 0. The number of hydrogen-bond acceptors (Lipinski definition) is 4. The third-order valence-corrected chi connectivity index (χ3v) is 4.66. The number of benzene rings is 1. The van der Waals surface area contributed by atoms with E-state index in [1.807, 2.05) is 0 Å². The Bertz CT molecular complexity index is 677. The van der Waals surface area contributed by atoms with Crippen molar-refractivity contribution in [3.63, 3.8) is 0 Å². The van der Waals surface area contributed by atoms with Crippen LogP contribution in [0.4, 0.5) is 19.3 Å². The highest BCUT2D eigenvalue weighted by atomic mass is 19.1. The monoisotopic (exact) mass is 353 g/mol. The van der Waals surface area contributed by atoms with E-state index in [0.717, 1.165) is 6.07 Å². The molecule has 0 radical (unpaired) electrons. The molecule has 136 valence electrons. The van der Waals surface area contributed by atoms with Gasteiger partial charge in [-0.15, -0.1) is 0 Å². The molecule has 1 aromatic rings. The third kappa shape index (κ3) is 3.58. The van der Waals surface area contributed by atoms with E-state index in [1.165, 1.54) is 24.0 Å². The molecule has 3 rings (SSSR count). The summed E-state index contributed by atoms with van der Waals surface area (Å²) in [6.07, 6.45) is -0.195. The zero-order valence-electron chi connectivity index (χ0n) is 14.0. The van der Waals surface area contributed by atoms with Crippen LogP contribution in [0, 0.1) is 5.82 Å². The maximum Gasteiger partial charge on any atom is 0.414 e. The van der Waals surface area contributed by atoms with Gasteiger partial charge in [-0.2, -0.15) is 0 Å². The normalized spacial score (nSPS) is 22.6. The summed E-state index contributed by atoms with van der Waals surface area (Å²) < 4.78 is 34.6. The lowest BCUT2D eigenvalue weighted by Gasteiger charge is -2.31. The Hall–Kier alpha value is -2.22. The molecular weight excluding hydrogens is 332 g/mol. The fourth-order valence-electron chi connectivity index (χ4n) is 3.30. The SMILES string of the molecule is CC(=O)NC[C@H]1COC(=O)N1c1ccc(C2(F)CCNCC2)c(F)c1. The Morgan fingerprint density at radius 1 is 1.44 bits per heavy atom. The Labute approximate surface area is 144 Å². The number of ether oxygens (including phenoxy) is 1. The van der Waals surface area contributed by atoms with Gasteiger partial charge < -0.3 is 15.4 Å². The van der Waals surface area contributed by atoms with Crippen LogP contribution in [0.1, 0.15) is 25.3 Å². The molecule has 2 fully saturated rings. The highest BCUT2D eigenvalue weighted by molar-refractivity contribution is 5.90. The standard InChI is InChI=1S/C17H21F2N3O3/c1-11(23)21-9-13-10-25-16(24)22(13)12-2-3-14(15(18)8-12)17(19)4-6-20-7-5-17/h2-3,8,13,20H,4-7,9-10H2,1H3,(H,21,23)/t13-/m0/s1. The van der Waals surface area contributed by atoms with Gasteiger partial charge in [-0.25, -0.2) is 13.6 Å². The second-order valence-corrected chi connectivity index (χ2v) is 6.42. The number of nitrogens with zero attached hydrogens (tertiary/aromatic N) is 1. The Balaban J connectivity index is 1.83. The van der Waals surface area contributed by atoms with Crippen molar-refractivity contribution in [1.82, 2.24) is 10.6 Å². The second kappa shape index (κ2) is 6.95. The minimum atomic E-state index is -1.70. The summed E-state index contributed by atoms with van der Waals surface area (Å²) in [6, 6.07) is 3.65. The number of halogens is 2. The summed E-state index contributed by atoms with van der Waals surface area (Å²) in [5.74, 6) is -0.911. The molecule has 2 amide bonds. The van der Waals surface area contributed by atoms with E-state index >= 15 is 4.39 Å². The largest absolute Gasteiger partial charge is 0.447 e. The first-order chi connectivity index (χ1) is 11.9. The molecule has 2 saturated heterocycles. The number of alkyl halides is 1. The molecule has 8 heteroatoms. The van der Waals surface area contributed by atoms with Gasteiger partial charge in [-0.1, -0.05) is 6.07 Å². The van der Waals surface area contributed by atoms with Gasteiger partial charge in [-0.3, -0.25) is 9.69 Å². The molecule has 6 nitrogen and oxygen atoms in total. The first-order valence-corrected chi connectivity index (χ1v) is 8.31. The van der Waals surface area contributed by atoms with Gasteiger partial charge >= 0.3 is 6.09 Å². The van der Waals surface area contributed by atoms with E-state index in [1.54, 1.807) is 0 Å². The number of amides is 2. The van der Waals surface area contributed by atoms with Crippen LogP contribution in [0.3, 0.4) is 0 Å². The van der Waals surface area contributed by atoms with Crippen LogP contribution >= 0.6 is 0 Å². The predicted octanol–water partition coefficient (Wildman–Crippen LogP) is 1.84. The topological polar surface area (TPSA) is 70.7 Å². The smallest absolute Gasteiger partial charge is 0.414 e. The zero-order chi connectivity index (χ0) is 18.0. The van der Waals surface area contributed by atoms with Gasteiger partial charge in [0.25, 0.3) is 0 Å². The van der Waals surface area contributed by atoms with Crippen LogP contribution in [0.2, 0.25) is 0 Å². The molecule has 0 aliphatic carbocycles. The maximum absolute atomic E-state index is 15.0. The number of piperidine rings is 1. The molecule has 0 aromatic heterocycles. The fraction of sp³-hybridized carbons (Fsp3) is 0.529. The molecule has 25 heavy (non-hydrogen) atoms. The van der Waals surface area contributed by atoms with Crippen LogP contribution in [-0.2, 0) is 15.2 Å². The molecule has 0 saturated carbocycles. The lowest BCUT2D eigenvalue weighted by molar-refractivity contribution is -0.119. The van der Waals surface area contributed by atoms with E-state index in [9.17, 15) is 14.0 Å². The van der Waals surface area contributed by atoms with Crippen molar-refractivity contribution in [3.8, 4) is 0 Å².